The molecule has 0 saturated carbocycles. The highest BCUT2D eigenvalue weighted by atomic mass is 32.2. The minimum atomic E-state index is -0.179. The summed E-state index contributed by atoms with van der Waals surface area (Å²) in [5.74, 6) is 0.542. The summed E-state index contributed by atoms with van der Waals surface area (Å²) in [5, 5.41) is 7.43. The molecule has 6 heteroatoms. The average molecular weight is 275 g/mol. The van der Waals surface area contributed by atoms with Crippen LogP contribution in [0.1, 0.15) is 12.0 Å². The lowest BCUT2D eigenvalue weighted by Crippen LogP contribution is -2.09. The minimum Gasteiger partial charge on any atom is -0.465 e. The monoisotopic (exact) mass is 275 g/mol. The van der Waals surface area contributed by atoms with Crippen LogP contribution in [0.15, 0.2) is 29.4 Å². The van der Waals surface area contributed by atoms with Gasteiger partial charge in [0.15, 0.2) is 5.82 Å². The third-order valence-corrected chi connectivity index (χ3v) is 4.03. The highest BCUT2D eigenvalue weighted by Gasteiger charge is 2.28. The molecule has 0 spiro atoms. The Kier molecular flexibility index (Phi) is 3.25. The van der Waals surface area contributed by atoms with Crippen LogP contribution in [0.25, 0.3) is 11.4 Å². The van der Waals surface area contributed by atoms with Gasteiger partial charge < -0.3 is 4.74 Å². The van der Waals surface area contributed by atoms with Gasteiger partial charge in [-0.2, -0.15) is 0 Å². The van der Waals surface area contributed by atoms with Crippen LogP contribution < -0.4 is 0 Å². The lowest BCUT2D eigenvalue weighted by atomic mass is 10.1. The number of hydrogen-bond donors (Lipinski definition) is 1. The summed E-state index contributed by atoms with van der Waals surface area (Å²) < 4.78 is 4.92. The Morgan fingerprint density at radius 3 is 2.84 bits per heavy atom. The van der Waals surface area contributed by atoms with E-state index in [0.717, 1.165) is 12.0 Å². The van der Waals surface area contributed by atoms with Crippen LogP contribution in [0, 0.1) is 6.92 Å². The van der Waals surface area contributed by atoms with Crippen LogP contribution in [0.2, 0.25) is 0 Å². The fourth-order valence-electron chi connectivity index (χ4n) is 1.85. The summed E-state index contributed by atoms with van der Waals surface area (Å²) in [6.45, 7) is 2.53. The van der Waals surface area contributed by atoms with E-state index in [-0.39, 0.29) is 11.2 Å². The van der Waals surface area contributed by atoms with Gasteiger partial charge in [0, 0.05) is 12.0 Å². The van der Waals surface area contributed by atoms with Gasteiger partial charge in [-0.1, -0.05) is 41.6 Å². The molecule has 1 saturated heterocycles. The Bertz CT molecular complexity index is 594. The van der Waals surface area contributed by atoms with Gasteiger partial charge in [-0.15, -0.1) is 5.10 Å². The Balaban J connectivity index is 1.75. The number of nitrogens with zero attached hydrogens (tertiary/aromatic N) is 2. The van der Waals surface area contributed by atoms with Crippen molar-refractivity contribution in [1.29, 1.82) is 0 Å². The summed E-state index contributed by atoms with van der Waals surface area (Å²) in [5.41, 5.74) is 2.19. The van der Waals surface area contributed by atoms with Crippen molar-refractivity contribution in [2.24, 2.45) is 0 Å². The molecule has 1 atom stereocenters. The predicted molar refractivity (Wildman–Crippen MR) is 71.8 cm³/mol. The molecule has 0 unspecified atom stereocenters. The maximum Gasteiger partial charge on any atom is 0.319 e. The van der Waals surface area contributed by atoms with Gasteiger partial charge in [0.25, 0.3) is 0 Å². The molecule has 1 N–H and O–H groups in total. The van der Waals surface area contributed by atoms with E-state index >= 15 is 0 Å². The normalized spacial score (nSPS) is 18.6. The molecule has 0 amide bonds. The van der Waals surface area contributed by atoms with Crippen molar-refractivity contribution in [3.05, 3.63) is 29.8 Å². The molecule has 1 aromatic carbocycles. The van der Waals surface area contributed by atoms with Crippen molar-refractivity contribution in [2.75, 3.05) is 6.61 Å². The molecule has 5 nitrogen and oxygen atoms in total. The molecular formula is C13H13N3O2S. The highest BCUT2D eigenvalue weighted by molar-refractivity contribution is 8.00. The third kappa shape index (κ3) is 2.63. The van der Waals surface area contributed by atoms with Crippen molar-refractivity contribution < 1.29 is 9.53 Å². The molecule has 0 bridgehead atoms. The number of thioether (sulfide) groups is 1. The smallest absolute Gasteiger partial charge is 0.319 e. The summed E-state index contributed by atoms with van der Waals surface area (Å²) in [7, 11) is 0. The van der Waals surface area contributed by atoms with E-state index in [9.17, 15) is 4.79 Å². The van der Waals surface area contributed by atoms with Crippen molar-refractivity contribution in [2.45, 2.75) is 23.8 Å². The molecule has 3 rings (SSSR count). The molecular weight excluding hydrogens is 262 g/mol. The summed E-state index contributed by atoms with van der Waals surface area (Å²) >= 11 is 1.35. The van der Waals surface area contributed by atoms with Gasteiger partial charge in [-0.05, 0) is 6.92 Å². The first-order chi connectivity index (χ1) is 9.22. The fraction of sp³-hybridized carbons (Fsp3) is 0.308. The van der Waals surface area contributed by atoms with E-state index in [1.165, 1.54) is 17.3 Å². The number of carbonyl (C=O) groups is 1. The lowest BCUT2D eigenvalue weighted by molar-refractivity contribution is -0.137. The second-order valence-electron chi connectivity index (χ2n) is 4.40. The van der Waals surface area contributed by atoms with Gasteiger partial charge in [-0.25, -0.2) is 4.98 Å². The summed E-state index contributed by atoms with van der Waals surface area (Å²) in [6.07, 6.45) is 0.720. The first kappa shape index (κ1) is 12.2. The van der Waals surface area contributed by atoms with Crippen molar-refractivity contribution in [3.63, 3.8) is 0 Å². The molecule has 19 heavy (non-hydrogen) atoms. The first-order valence-corrected chi connectivity index (χ1v) is 6.93. The van der Waals surface area contributed by atoms with E-state index in [2.05, 4.69) is 15.2 Å². The van der Waals surface area contributed by atoms with Crippen LogP contribution in [-0.2, 0) is 9.53 Å². The number of cyclic esters (lactones) is 1. The van der Waals surface area contributed by atoms with Gasteiger partial charge in [-0.3, -0.25) is 9.89 Å². The number of ether oxygens (including phenoxy) is 1. The molecule has 1 aliphatic heterocycles. The zero-order chi connectivity index (χ0) is 13.2. The quantitative estimate of drug-likeness (QED) is 0.870. The third-order valence-electron chi connectivity index (χ3n) is 2.92. The molecule has 0 radical (unpaired) electrons. The Morgan fingerprint density at radius 1 is 1.37 bits per heavy atom. The molecule has 98 valence electrons. The number of benzene rings is 1. The summed E-state index contributed by atoms with van der Waals surface area (Å²) in [6, 6.07) is 8.04. The second-order valence-corrected chi connectivity index (χ2v) is 5.57. The minimum absolute atomic E-state index is 0.174. The number of aromatic amines is 1. The van der Waals surface area contributed by atoms with Crippen LogP contribution in [0.4, 0.5) is 0 Å². The Labute approximate surface area is 114 Å². The molecule has 1 aromatic heterocycles. The van der Waals surface area contributed by atoms with Crippen LogP contribution >= 0.6 is 11.8 Å². The average Bonchev–Trinajstić information content (AvgIpc) is 3.01. The number of esters is 1. The van der Waals surface area contributed by atoms with Crippen LogP contribution in [0.3, 0.4) is 0 Å². The molecule has 0 aliphatic carbocycles. The molecule has 1 fully saturated rings. The van der Waals surface area contributed by atoms with E-state index in [4.69, 9.17) is 4.74 Å². The van der Waals surface area contributed by atoms with Gasteiger partial charge >= 0.3 is 5.97 Å². The summed E-state index contributed by atoms with van der Waals surface area (Å²) in [4.78, 5) is 15.8. The zero-order valence-electron chi connectivity index (χ0n) is 10.4. The van der Waals surface area contributed by atoms with Crippen LogP contribution in [-0.4, -0.2) is 33.0 Å². The topological polar surface area (TPSA) is 67.9 Å². The Hall–Kier alpha value is -1.82. The largest absolute Gasteiger partial charge is 0.465 e. The highest BCUT2D eigenvalue weighted by Crippen LogP contribution is 2.28. The van der Waals surface area contributed by atoms with Crippen LogP contribution in [0.5, 0.6) is 0 Å². The number of hydrogen-bond acceptors (Lipinski definition) is 5. The van der Waals surface area contributed by atoms with E-state index < -0.39 is 0 Å². The molecule has 1 aliphatic rings. The van der Waals surface area contributed by atoms with E-state index in [1.807, 2.05) is 31.2 Å². The lowest BCUT2D eigenvalue weighted by Gasteiger charge is -1.99. The number of carbonyl (C=O) groups excluding carboxylic acids is 1. The van der Waals surface area contributed by atoms with Gasteiger partial charge in [0.1, 0.15) is 5.25 Å². The van der Waals surface area contributed by atoms with E-state index in [0.29, 0.717) is 17.6 Å². The number of aryl methyl sites for hydroxylation is 1. The predicted octanol–water partition coefficient (Wildman–Crippen LogP) is 2.19. The number of nitrogens with one attached hydrogen (secondary N) is 1. The van der Waals surface area contributed by atoms with Gasteiger partial charge in [0.2, 0.25) is 5.16 Å². The van der Waals surface area contributed by atoms with Gasteiger partial charge in [0.05, 0.1) is 6.61 Å². The number of aromatic nitrogens is 3. The number of rotatable bonds is 3. The first-order valence-electron chi connectivity index (χ1n) is 6.05. The maximum absolute atomic E-state index is 11.4. The van der Waals surface area contributed by atoms with Crippen molar-refractivity contribution in [3.8, 4) is 11.4 Å². The van der Waals surface area contributed by atoms with E-state index in [1.54, 1.807) is 0 Å². The maximum atomic E-state index is 11.4. The van der Waals surface area contributed by atoms with Crippen molar-refractivity contribution in [1.82, 2.24) is 15.2 Å². The fourth-order valence-corrected chi connectivity index (χ4v) is 2.73. The number of H-pyrrole nitrogens is 1. The standard InChI is InChI=1S/C13H13N3O2S/c1-8-2-4-9(5-3-8)11-14-13(16-15-11)19-10-6-7-18-12(10)17/h2-5,10H,6-7H2,1H3,(H,14,15,16)/t10-/m1/s1. The second kappa shape index (κ2) is 5.05. The molecule has 2 heterocycles. The Morgan fingerprint density at radius 2 is 2.16 bits per heavy atom. The zero-order valence-corrected chi connectivity index (χ0v) is 11.2. The van der Waals surface area contributed by atoms with Crippen molar-refractivity contribution >= 4 is 17.7 Å². The molecule has 2 aromatic rings. The SMILES string of the molecule is Cc1ccc(-c2nc(S[C@@H]3CCOC3=O)n[nH]2)cc1.